The van der Waals surface area contributed by atoms with E-state index < -0.39 is 0 Å². The molecular formula is C15H17N3O2. The van der Waals surface area contributed by atoms with Gasteiger partial charge in [0.25, 0.3) is 5.56 Å². The van der Waals surface area contributed by atoms with Gasteiger partial charge in [0.2, 0.25) is 0 Å². The van der Waals surface area contributed by atoms with E-state index >= 15 is 0 Å². The fourth-order valence-electron chi connectivity index (χ4n) is 2.79. The van der Waals surface area contributed by atoms with Gasteiger partial charge in [-0.3, -0.25) is 9.59 Å². The van der Waals surface area contributed by atoms with Gasteiger partial charge in [-0.25, -0.2) is 4.98 Å². The Morgan fingerprint density at radius 2 is 2.10 bits per heavy atom. The Morgan fingerprint density at radius 3 is 2.90 bits per heavy atom. The number of ketones is 1. The van der Waals surface area contributed by atoms with Crippen molar-refractivity contribution in [3.63, 3.8) is 0 Å². The Kier molecular flexibility index (Phi) is 3.26. The molecule has 0 amide bonds. The zero-order chi connectivity index (χ0) is 14.1. The molecule has 0 bridgehead atoms. The molecule has 0 aliphatic heterocycles. The number of hydrogen-bond donors (Lipinski definition) is 0. The highest BCUT2D eigenvalue weighted by atomic mass is 16.1. The van der Waals surface area contributed by atoms with Gasteiger partial charge in [0, 0.05) is 36.5 Å². The first-order chi connectivity index (χ1) is 9.70. The van der Waals surface area contributed by atoms with Gasteiger partial charge >= 0.3 is 0 Å². The summed E-state index contributed by atoms with van der Waals surface area (Å²) in [5.74, 6) is 0.143. The van der Waals surface area contributed by atoms with Crippen LogP contribution in [0.1, 0.15) is 41.5 Å². The van der Waals surface area contributed by atoms with Crippen molar-refractivity contribution in [2.75, 3.05) is 0 Å². The molecule has 0 radical (unpaired) electrons. The molecule has 0 saturated carbocycles. The molecule has 0 aromatic carbocycles. The molecule has 104 valence electrons. The minimum absolute atomic E-state index is 0.0534. The van der Waals surface area contributed by atoms with Gasteiger partial charge in [0.1, 0.15) is 0 Å². The molecule has 1 aliphatic rings. The van der Waals surface area contributed by atoms with Crippen LogP contribution < -0.4 is 5.56 Å². The zero-order valence-corrected chi connectivity index (χ0v) is 11.5. The fraction of sp³-hybridized carbons (Fsp3) is 0.400. The van der Waals surface area contributed by atoms with E-state index in [-0.39, 0.29) is 11.3 Å². The molecule has 1 aliphatic carbocycles. The molecule has 5 heteroatoms. The number of aromatic nitrogens is 3. The van der Waals surface area contributed by atoms with Crippen molar-refractivity contribution in [2.45, 2.75) is 39.3 Å². The summed E-state index contributed by atoms with van der Waals surface area (Å²) in [5.41, 5.74) is 2.51. The van der Waals surface area contributed by atoms with Crippen molar-refractivity contribution in [1.29, 1.82) is 0 Å². The van der Waals surface area contributed by atoms with Crippen LogP contribution in [0.4, 0.5) is 0 Å². The molecule has 2 aromatic heterocycles. The second-order valence-corrected chi connectivity index (χ2v) is 5.07. The maximum atomic E-state index is 12.1. The first-order valence-electron chi connectivity index (χ1n) is 6.95. The number of carbonyl (C=O) groups excluding carboxylic acids is 1. The van der Waals surface area contributed by atoms with E-state index in [9.17, 15) is 9.59 Å². The largest absolute Gasteiger partial charge is 0.333 e. The number of hydrogen-bond acceptors (Lipinski definition) is 3. The SMILES string of the molecule is CCn1cncc1Cn1c2c(ccc1=O)C(=O)CCC2. The Labute approximate surface area is 116 Å². The van der Waals surface area contributed by atoms with E-state index in [1.807, 2.05) is 11.5 Å². The van der Waals surface area contributed by atoms with E-state index in [0.29, 0.717) is 18.5 Å². The summed E-state index contributed by atoms with van der Waals surface area (Å²) in [6.07, 6.45) is 5.73. The highest BCUT2D eigenvalue weighted by Gasteiger charge is 2.21. The van der Waals surface area contributed by atoms with E-state index in [4.69, 9.17) is 0 Å². The van der Waals surface area contributed by atoms with Gasteiger partial charge in [-0.05, 0) is 25.8 Å². The number of Topliss-reactive ketones (excluding diaryl/α,β-unsaturated/α-hetero) is 1. The van der Waals surface area contributed by atoms with Crippen LogP contribution in [0, 0.1) is 0 Å². The molecule has 0 atom stereocenters. The summed E-state index contributed by atoms with van der Waals surface area (Å²) in [7, 11) is 0. The van der Waals surface area contributed by atoms with Crippen LogP contribution in [0.25, 0.3) is 0 Å². The third kappa shape index (κ3) is 2.09. The van der Waals surface area contributed by atoms with E-state index in [1.165, 1.54) is 6.07 Å². The number of aryl methyl sites for hydroxylation is 1. The van der Waals surface area contributed by atoms with E-state index in [2.05, 4.69) is 4.98 Å². The van der Waals surface area contributed by atoms with Gasteiger partial charge in [-0.2, -0.15) is 0 Å². The lowest BCUT2D eigenvalue weighted by Crippen LogP contribution is -2.28. The van der Waals surface area contributed by atoms with Gasteiger partial charge in [-0.15, -0.1) is 0 Å². The fourth-order valence-corrected chi connectivity index (χ4v) is 2.79. The normalized spacial score (nSPS) is 14.3. The van der Waals surface area contributed by atoms with Crippen molar-refractivity contribution < 1.29 is 4.79 Å². The average Bonchev–Trinajstić information content (AvgIpc) is 2.89. The number of imidazole rings is 1. The summed E-state index contributed by atoms with van der Waals surface area (Å²) < 4.78 is 3.73. The molecule has 2 aromatic rings. The minimum Gasteiger partial charge on any atom is -0.333 e. The molecule has 0 N–H and O–H groups in total. The van der Waals surface area contributed by atoms with Crippen LogP contribution in [-0.4, -0.2) is 19.9 Å². The zero-order valence-electron chi connectivity index (χ0n) is 11.5. The molecule has 3 rings (SSSR count). The standard InChI is InChI=1S/C15H17N3O2/c1-2-17-10-16-8-11(17)9-18-13-4-3-5-14(19)12(13)6-7-15(18)20/h6-8,10H,2-5,9H2,1H3. The molecule has 0 saturated heterocycles. The van der Waals surface area contributed by atoms with Crippen LogP contribution in [0.2, 0.25) is 0 Å². The first kappa shape index (κ1) is 12.8. The third-order valence-corrected chi connectivity index (χ3v) is 3.87. The summed E-state index contributed by atoms with van der Waals surface area (Å²) in [4.78, 5) is 28.2. The van der Waals surface area contributed by atoms with Crippen molar-refractivity contribution in [2.24, 2.45) is 0 Å². The lowest BCUT2D eigenvalue weighted by Gasteiger charge is -2.20. The van der Waals surface area contributed by atoms with E-state index in [1.54, 1.807) is 23.2 Å². The summed E-state index contributed by atoms with van der Waals surface area (Å²) in [5, 5.41) is 0. The van der Waals surface area contributed by atoms with Gasteiger partial charge < -0.3 is 9.13 Å². The highest BCUT2D eigenvalue weighted by molar-refractivity contribution is 5.97. The smallest absolute Gasteiger partial charge is 0.251 e. The second kappa shape index (κ2) is 5.07. The number of fused-ring (bicyclic) bond motifs is 1. The Morgan fingerprint density at radius 1 is 1.25 bits per heavy atom. The van der Waals surface area contributed by atoms with Crippen molar-refractivity contribution in [1.82, 2.24) is 14.1 Å². The van der Waals surface area contributed by atoms with Crippen LogP contribution in [0.15, 0.2) is 29.5 Å². The summed E-state index contributed by atoms with van der Waals surface area (Å²) >= 11 is 0. The quantitative estimate of drug-likeness (QED) is 0.852. The minimum atomic E-state index is -0.0534. The molecule has 2 heterocycles. The number of rotatable bonds is 3. The third-order valence-electron chi connectivity index (χ3n) is 3.87. The number of nitrogens with zero attached hydrogens (tertiary/aromatic N) is 3. The van der Waals surface area contributed by atoms with Crippen LogP contribution in [0.3, 0.4) is 0 Å². The van der Waals surface area contributed by atoms with Gasteiger partial charge in [0.15, 0.2) is 5.78 Å². The Hall–Kier alpha value is -2.17. The molecule has 0 spiro atoms. The van der Waals surface area contributed by atoms with Gasteiger partial charge in [0.05, 0.1) is 18.6 Å². The lowest BCUT2D eigenvalue weighted by atomic mass is 9.94. The maximum absolute atomic E-state index is 12.1. The number of pyridine rings is 1. The topological polar surface area (TPSA) is 56.9 Å². The molecule has 0 unspecified atom stereocenters. The van der Waals surface area contributed by atoms with Crippen molar-refractivity contribution >= 4 is 5.78 Å². The lowest BCUT2D eigenvalue weighted by molar-refractivity contribution is 0.0970. The predicted octanol–water partition coefficient (Wildman–Crippen LogP) is 1.63. The highest BCUT2D eigenvalue weighted by Crippen LogP contribution is 2.20. The Bertz CT molecular complexity index is 712. The molecular weight excluding hydrogens is 254 g/mol. The summed E-state index contributed by atoms with van der Waals surface area (Å²) in [6, 6.07) is 3.17. The van der Waals surface area contributed by atoms with E-state index in [0.717, 1.165) is 30.8 Å². The monoisotopic (exact) mass is 271 g/mol. The van der Waals surface area contributed by atoms with Crippen LogP contribution >= 0.6 is 0 Å². The van der Waals surface area contributed by atoms with Crippen LogP contribution in [-0.2, 0) is 19.5 Å². The predicted molar refractivity (Wildman–Crippen MR) is 75.0 cm³/mol. The van der Waals surface area contributed by atoms with Gasteiger partial charge in [-0.1, -0.05) is 0 Å². The van der Waals surface area contributed by atoms with Crippen LogP contribution in [0.5, 0.6) is 0 Å². The molecule has 20 heavy (non-hydrogen) atoms. The van der Waals surface area contributed by atoms with Crippen molar-refractivity contribution in [3.8, 4) is 0 Å². The molecule has 0 fully saturated rings. The first-order valence-corrected chi connectivity index (χ1v) is 6.95. The maximum Gasteiger partial charge on any atom is 0.251 e. The summed E-state index contributed by atoms with van der Waals surface area (Å²) in [6.45, 7) is 3.33. The number of carbonyl (C=O) groups is 1. The average molecular weight is 271 g/mol. The van der Waals surface area contributed by atoms with Crippen molar-refractivity contribution in [3.05, 3.63) is 52.0 Å². The Balaban J connectivity index is 2.07. The molecule has 5 nitrogen and oxygen atoms in total. The second-order valence-electron chi connectivity index (χ2n) is 5.07.